The van der Waals surface area contributed by atoms with Gasteiger partial charge in [0.2, 0.25) is 0 Å². The minimum absolute atomic E-state index is 0.148. The predicted molar refractivity (Wildman–Crippen MR) is 89.5 cm³/mol. The lowest BCUT2D eigenvalue weighted by atomic mass is 10.2. The number of sulfonamides is 1. The van der Waals surface area contributed by atoms with Gasteiger partial charge in [0.25, 0.3) is 10.0 Å². The van der Waals surface area contributed by atoms with Crippen molar-refractivity contribution in [3.05, 3.63) is 47.5 Å². The van der Waals surface area contributed by atoms with Gasteiger partial charge >= 0.3 is 0 Å². The van der Waals surface area contributed by atoms with Crippen molar-refractivity contribution in [1.82, 2.24) is 4.57 Å². The fourth-order valence-corrected chi connectivity index (χ4v) is 4.46. The van der Waals surface area contributed by atoms with Crippen LogP contribution in [0.25, 0.3) is 10.9 Å². The third-order valence-electron chi connectivity index (χ3n) is 3.34. The van der Waals surface area contributed by atoms with Crippen LogP contribution in [0.1, 0.15) is 10.5 Å². The first kappa shape index (κ1) is 15.7. The van der Waals surface area contributed by atoms with E-state index in [9.17, 15) is 13.2 Å². The summed E-state index contributed by atoms with van der Waals surface area (Å²) in [4.78, 5) is 11.2. The molecule has 0 aliphatic carbocycles. The molecule has 0 unspecified atom stereocenters. The molecular weight excluding hydrogens is 336 g/mol. The number of nitrogens with one attached hydrogen (secondary N) is 1. The van der Waals surface area contributed by atoms with Crippen molar-refractivity contribution in [2.75, 3.05) is 11.8 Å². The summed E-state index contributed by atoms with van der Waals surface area (Å²) in [5.41, 5.74) is 1.43. The molecule has 0 fully saturated rings. The van der Waals surface area contributed by atoms with Crippen LogP contribution < -0.4 is 4.72 Å². The quantitative estimate of drug-likeness (QED) is 0.694. The monoisotopic (exact) mass is 350 g/mol. The number of thiophene rings is 1. The highest BCUT2D eigenvalue weighted by molar-refractivity contribution is 7.94. The van der Waals surface area contributed by atoms with E-state index in [4.69, 9.17) is 4.74 Å². The van der Waals surface area contributed by atoms with Crippen LogP contribution in [-0.2, 0) is 21.5 Å². The minimum Gasteiger partial charge on any atom is -0.364 e. The molecule has 0 radical (unpaired) electrons. The zero-order valence-electron chi connectivity index (χ0n) is 12.2. The van der Waals surface area contributed by atoms with Crippen molar-refractivity contribution < 1.29 is 17.9 Å². The highest BCUT2D eigenvalue weighted by Crippen LogP contribution is 2.29. The van der Waals surface area contributed by atoms with Crippen molar-refractivity contribution in [2.45, 2.75) is 10.9 Å². The molecule has 0 saturated carbocycles. The number of para-hydroxylation sites is 1. The van der Waals surface area contributed by atoms with E-state index in [1.165, 1.54) is 13.2 Å². The van der Waals surface area contributed by atoms with Crippen LogP contribution in [0.3, 0.4) is 0 Å². The summed E-state index contributed by atoms with van der Waals surface area (Å²) in [7, 11) is -2.15. The number of fused-ring (bicyclic) bond motifs is 1. The van der Waals surface area contributed by atoms with Crippen LogP contribution in [0.15, 0.2) is 46.0 Å². The SMILES string of the molecule is COCn1c(C=O)cc2cccc(NS(=O)(=O)c3cccs3)c21. The van der Waals surface area contributed by atoms with Crippen LogP contribution in [-0.4, -0.2) is 26.4 Å². The summed E-state index contributed by atoms with van der Waals surface area (Å²) < 4.78 is 34.5. The molecule has 1 N–H and O–H groups in total. The lowest BCUT2D eigenvalue weighted by Gasteiger charge is -2.12. The molecule has 120 valence electrons. The van der Waals surface area contributed by atoms with E-state index < -0.39 is 10.0 Å². The maximum absolute atomic E-state index is 12.4. The second-order valence-corrected chi connectivity index (χ2v) is 7.67. The van der Waals surface area contributed by atoms with Gasteiger partial charge in [-0.3, -0.25) is 9.52 Å². The first-order chi connectivity index (χ1) is 11.1. The first-order valence-corrected chi connectivity index (χ1v) is 9.06. The summed E-state index contributed by atoms with van der Waals surface area (Å²) in [6.07, 6.45) is 0.719. The van der Waals surface area contributed by atoms with Crippen LogP contribution in [0.2, 0.25) is 0 Å². The van der Waals surface area contributed by atoms with E-state index in [0.29, 0.717) is 16.9 Å². The molecule has 0 aliphatic rings. The largest absolute Gasteiger partial charge is 0.364 e. The Hall–Kier alpha value is -2.16. The number of carbonyl (C=O) groups excluding carboxylic acids is 1. The van der Waals surface area contributed by atoms with E-state index >= 15 is 0 Å². The number of ether oxygens (including phenoxy) is 1. The van der Waals surface area contributed by atoms with Crippen molar-refractivity contribution in [3.8, 4) is 0 Å². The lowest BCUT2D eigenvalue weighted by Crippen LogP contribution is -2.13. The van der Waals surface area contributed by atoms with Gasteiger partial charge in [-0.2, -0.15) is 0 Å². The molecule has 0 saturated heterocycles. The van der Waals surface area contributed by atoms with E-state index in [0.717, 1.165) is 23.0 Å². The molecule has 23 heavy (non-hydrogen) atoms. The van der Waals surface area contributed by atoms with Gasteiger partial charge in [-0.05, 0) is 23.6 Å². The number of hydrogen-bond acceptors (Lipinski definition) is 5. The summed E-state index contributed by atoms with van der Waals surface area (Å²) in [6.45, 7) is 0.148. The standard InChI is InChI=1S/C15H14N2O4S2/c1-21-10-17-12(9-18)8-11-4-2-5-13(15(11)17)16-23(19,20)14-6-3-7-22-14/h2-9,16H,10H2,1H3. The minimum atomic E-state index is -3.66. The zero-order valence-corrected chi connectivity index (χ0v) is 13.9. The number of hydrogen-bond donors (Lipinski definition) is 1. The second-order valence-electron chi connectivity index (χ2n) is 4.81. The van der Waals surface area contributed by atoms with E-state index in [1.807, 2.05) is 6.07 Å². The molecule has 0 atom stereocenters. The molecule has 0 spiro atoms. The molecule has 0 amide bonds. The van der Waals surface area contributed by atoms with Gasteiger partial charge in [0.1, 0.15) is 10.9 Å². The van der Waals surface area contributed by atoms with Gasteiger partial charge in [-0.15, -0.1) is 11.3 Å². The Balaban J connectivity index is 2.14. The highest BCUT2D eigenvalue weighted by Gasteiger charge is 2.19. The average molecular weight is 350 g/mol. The summed E-state index contributed by atoms with van der Waals surface area (Å²) in [6, 6.07) is 10.1. The number of benzene rings is 1. The Morgan fingerprint density at radius 2 is 2.13 bits per heavy atom. The number of aromatic nitrogens is 1. The third-order valence-corrected chi connectivity index (χ3v) is 6.10. The smallest absolute Gasteiger partial charge is 0.271 e. The van der Waals surface area contributed by atoms with E-state index in [1.54, 1.807) is 34.2 Å². The van der Waals surface area contributed by atoms with Crippen molar-refractivity contribution in [2.24, 2.45) is 0 Å². The van der Waals surface area contributed by atoms with Crippen LogP contribution in [0.5, 0.6) is 0 Å². The number of methoxy groups -OCH3 is 1. The predicted octanol–water partition coefficient (Wildman–Crippen LogP) is 2.92. The average Bonchev–Trinajstić information content (AvgIpc) is 3.16. The topological polar surface area (TPSA) is 77.4 Å². The second kappa shape index (κ2) is 6.15. The van der Waals surface area contributed by atoms with Gasteiger partial charge in [0.15, 0.2) is 6.29 Å². The molecule has 3 rings (SSSR count). The Labute approximate surface area is 137 Å². The molecule has 0 aliphatic heterocycles. The molecule has 2 aromatic heterocycles. The lowest BCUT2D eigenvalue weighted by molar-refractivity contribution is 0.107. The van der Waals surface area contributed by atoms with Crippen molar-refractivity contribution >= 4 is 44.2 Å². The number of aldehydes is 1. The summed E-state index contributed by atoms with van der Waals surface area (Å²) >= 11 is 1.14. The van der Waals surface area contributed by atoms with Crippen LogP contribution >= 0.6 is 11.3 Å². The molecular formula is C15H14N2O4S2. The van der Waals surface area contributed by atoms with Crippen molar-refractivity contribution in [3.63, 3.8) is 0 Å². The molecule has 6 nitrogen and oxygen atoms in total. The summed E-state index contributed by atoms with van der Waals surface area (Å²) in [5, 5.41) is 2.46. The van der Waals surface area contributed by atoms with Gasteiger partial charge in [-0.1, -0.05) is 18.2 Å². The molecule has 0 bridgehead atoms. The van der Waals surface area contributed by atoms with Crippen LogP contribution in [0, 0.1) is 0 Å². The van der Waals surface area contributed by atoms with Gasteiger partial charge in [0.05, 0.1) is 16.9 Å². The molecule has 3 aromatic rings. The third kappa shape index (κ3) is 2.88. The Bertz CT molecular complexity index is 943. The molecule has 1 aromatic carbocycles. The number of rotatable bonds is 6. The number of anilines is 1. The Morgan fingerprint density at radius 3 is 2.78 bits per heavy atom. The summed E-state index contributed by atoms with van der Waals surface area (Å²) in [5.74, 6) is 0. The fraction of sp³-hybridized carbons (Fsp3) is 0.133. The molecule has 8 heteroatoms. The van der Waals surface area contributed by atoms with E-state index in [-0.39, 0.29) is 10.9 Å². The zero-order chi connectivity index (χ0) is 16.4. The Morgan fingerprint density at radius 1 is 1.30 bits per heavy atom. The maximum atomic E-state index is 12.4. The number of nitrogens with zero attached hydrogens (tertiary/aromatic N) is 1. The maximum Gasteiger partial charge on any atom is 0.271 e. The first-order valence-electron chi connectivity index (χ1n) is 6.69. The van der Waals surface area contributed by atoms with Crippen LogP contribution in [0.4, 0.5) is 5.69 Å². The highest BCUT2D eigenvalue weighted by atomic mass is 32.2. The fourth-order valence-electron chi connectivity index (χ4n) is 2.41. The van der Waals surface area contributed by atoms with Gasteiger partial charge < -0.3 is 9.30 Å². The Kier molecular flexibility index (Phi) is 4.20. The van der Waals surface area contributed by atoms with Gasteiger partial charge in [-0.25, -0.2) is 8.42 Å². The van der Waals surface area contributed by atoms with Crippen molar-refractivity contribution in [1.29, 1.82) is 0 Å². The van der Waals surface area contributed by atoms with Gasteiger partial charge in [0, 0.05) is 12.5 Å². The van der Waals surface area contributed by atoms with E-state index in [2.05, 4.69) is 4.72 Å². The number of carbonyl (C=O) groups is 1. The molecule has 2 heterocycles. The normalized spacial score (nSPS) is 11.7.